The predicted octanol–water partition coefficient (Wildman–Crippen LogP) is 4.68. The lowest BCUT2D eigenvalue weighted by Crippen LogP contribution is -2.03. The molecule has 126 valence electrons. The quantitative estimate of drug-likeness (QED) is 0.657. The fourth-order valence-corrected chi connectivity index (χ4v) is 2.65. The van der Waals surface area contributed by atoms with Crippen LogP contribution in [0.4, 0.5) is 0 Å². The summed E-state index contributed by atoms with van der Waals surface area (Å²) in [5.74, 6) is 0.453. The molecule has 0 saturated heterocycles. The summed E-state index contributed by atoms with van der Waals surface area (Å²) in [7, 11) is 1.56. The molecular formula is C21H20N2O2. The Morgan fingerprint density at radius 2 is 1.88 bits per heavy atom. The molecule has 1 heterocycles. The van der Waals surface area contributed by atoms with Gasteiger partial charge in [-0.25, -0.2) is 4.98 Å². The highest BCUT2D eigenvalue weighted by Gasteiger charge is 2.09. The Kier molecular flexibility index (Phi) is 5.09. The Morgan fingerprint density at radius 3 is 2.60 bits per heavy atom. The van der Waals surface area contributed by atoms with E-state index >= 15 is 0 Å². The molecule has 0 N–H and O–H groups in total. The second kappa shape index (κ2) is 7.62. The van der Waals surface area contributed by atoms with Crippen LogP contribution in [0.2, 0.25) is 0 Å². The van der Waals surface area contributed by atoms with E-state index in [-0.39, 0.29) is 6.01 Å². The number of ether oxygens (including phenoxy) is 2. The van der Waals surface area contributed by atoms with Gasteiger partial charge in [-0.05, 0) is 29.2 Å². The maximum Gasteiger partial charge on any atom is 0.320 e. The summed E-state index contributed by atoms with van der Waals surface area (Å²) in [4.78, 5) is 8.46. The standard InChI is InChI=1S/C21H20N2O2/c1-4-16-13-22-21(23-20(16)24-3)25-14-18-11-8-12-19(15(18)2)17-9-6-5-7-10-17/h4-13H,1,14H2,2-3H3. The summed E-state index contributed by atoms with van der Waals surface area (Å²) in [6, 6.07) is 16.8. The van der Waals surface area contributed by atoms with Gasteiger partial charge in [-0.15, -0.1) is 0 Å². The van der Waals surface area contributed by atoms with E-state index in [4.69, 9.17) is 9.47 Å². The van der Waals surface area contributed by atoms with E-state index in [2.05, 4.69) is 47.7 Å². The SMILES string of the molecule is C=Cc1cnc(OCc2cccc(-c3ccccc3)c2C)nc1OC. The van der Waals surface area contributed by atoms with Crippen LogP contribution in [0.15, 0.2) is 61.3 Å². The molecule has 0 spiro atoms. The zero-order valence-corrected chi connectivity index (χ0v) is 14.4. The van der Waals surface area contributed by atoms with E-state index < -0.39 is 0 Å². The van der Waals surface area contributed by atoms with Gasteiger partial charge in [-0.3, -0.25) is 0 Å². The minimum absolute atomic E-state index is 0.284. The van der Waals surface area contributed by atoms with Crippen molar-refractivity contribution in [3.8, 4) is 23.0 Å². The van der Waals surface area contributed by atoms with E-state index in [1.807, 2.05) is 24.3 Å². The summed E-state index contributed by atoms with van der Waals surface area (Å²) in [6.07, 6.45) is 3.29. The summed E-state index contributed by atoms with van der Waals surface area (Å²) < 4.78 is 11.0. The van der Waals surface area contributed by atoms with Crippen LogP contribution >= 0.6 is 0 Å². The first-order chi connectivity index (χ1) is 12.2. The molecular weight excluding hydrogens is 312 g/mol. The molecule has 3 aromatic rings. The number of benzene rings is 2. The average Bonchev–Trinajstić information content (AvgIpc) is 2.67. The Hall–Kier alpha value is -3.14. The third kappa shape index (κ3) is 3.69. The molecule has 4 heteroatoms. The van der Waals surface area contributed by atoms with Crippen LogP contribution in [-0.2, 0) is 6.61 Å². The smallest absolute Gasteiger partial charge is 0.320 e. The number of methoxy groups -OCH3 is 1. The molecule has 0 fully saturated rings. The normalized spacial score (nSPS) is 10.3. The van der Waals surface area contributed by atoms with Gasteiger partial charge < -0.3 is 9.47 Å². The van der Waals surface area contributed by atoms with E-state index in [1.165, 1.54) is 16.7 Å². The number of nitrogens with zero attached hydrogens (tertiary/aromatic N) is 2. The van der Waals surface area contributed by atoms with Gasteiger partial charge in [0.15, 0.2) is 0 Å². The summed E-state index contributed by atoms with van der Waals surface area (Å²) in [5.41, 5.74) is 5.40. The molecule has 0 unspecified atom stereocenters. The van der Waals surface area contributed by atoms with Gasteiger partial charge in [0, 0.05) is 6.20 Å². The third-order valence-corrected chi connectivity index (χ3v) is 4.06. The minimum atomic E-state index is 0.284. The molecule has 0 radical (unpaired) electrons. The van der Waals surface area contributed by atoms with Crippen molar-refractivity contribution in [3.05, 3.63) is 78.0 Å². The first kappa shape index (κ1) is 16.7. The maximum absolute atomic E-state index is 5.77. The molecule has 0 bridgehead atoms. The number of hydrogen-bond donors (Lipinski definition) is 0. The lowest BCUT2D eigenvalue weighted by atomic mass is 9.97. The highest BCUT2D eigenvalue weighted by Crippen LogP contribution is 2.26. The highest BCUT2D eigenvalue weighted by atomic mass is 16.5. The van der Waals surface area contributed by atoms with Gasteiger partial charge in [0.1, 0.15) is 6.61 Å². The van der Waals surface area contributed by atoms with Crippen LogP contribution in [-0.4, -0.2) is 17.1 Å². The van der Waals surface area contributed by atoms with Crippen LogP contribution in [0.1, 0.15) is 16.7 Å². The molecule has 0 aliphatic heterocycles. The number of aromatic nitrogens is 2. The molecule has 0 atom stereocenters. The van der Waals surface area contributed by atoms with E-state index in [0.717, 1.165) is 11.1 Å². The van der Waals surface area contributed by atoms with Crippen LogP contribution < -0.4 is 9.47 Å². The van der Waals surface area contributed by atoms with Crippen molar-refractivity contribution in [2.24, 2.45) is 0 Å². The topological polar surface area (TPSA) is 44.2 Å². The van der Waals surface area contributed by atoms with Crippen molar-refractivity contribution in [2.75, 3.05) is 7.11 Å². The minimum Gasteiger partial charge on any atom is -0.480 e. The Labute approximate surface area is 147 Å². The monoisotopic (exact) mass is 332 g/mol. The van der Waals surface area contributed by atoms with Gasteiger partial charge in [0.05, 0.1) is 12.7 Å². The lowest BCUT2D eigenvalue weighted by molar-refractivity contribution is 0.273. The largest absolute Gasteiger partial charge is 0.480 e. The summed E-state index contributed by atoms with van der Waals surface area (Å²) in [6.45, 7) is 6.20. The fourth-order valence-electron chi connectivity index (χ4n) is 2.65. The molecule has 1 aromatic heterocycles. The van der Waals surface area contributed by atoms with Crippen LogP contribution in [0.3, 0.4) is 0 Å². The van der Waals surface area contributed by atoms with Crippen molar-refractivity contribution in [1.29, 1.82) is 0 Å². The average molecular weight is 332 g/mol. The van der Waals surface area contributed by atoms with Gasteiger partial charge in [0.25, 0.3) is 0 Å². The molecule has 0 aliphatic rings. The Balaban J connectivity index is 1.81. The molecule has 2 aromatic carbocycles. The molecule has 0 saturated carbocycles. The van der Waals surface area contributed by atoms with Gasteiger partial charge in [-0.1, -0.05) is 61.2 Å². The fraction of sp³-hybridized carbons (Fsp3) is 0.143. The number of rotatable bonds is 6. The van der Waals surface area contributed by atoms with Crippen molar-refractivity contribution in [2.45, 2.75) is 13.5 Å². The lowest BCUT2D eigenvalue weighted by Gasteiger charge is -2.12. The van der Waals surface area contributed by atoms with Crippen molar-refractivity contribution in [3.63, 3.8) is 0 Å². The van der Waals surface area contributed by atoms with Crippen molar-refractivity contribution >= 4 is 6.08 Å². The highest BCUT2D eigenvalue weighted by molar-refractivity contribution is 5.68. The van der Waals surface area contributed by atoms with Crippen LogP contribution in [0, 0.1) is 6.92 Å². The first-order valence-electron chi connectivity index (χ1n) is 8.03. The van der Waals surface area contributed by atoms with Crippen LogP contribution in [0.25, 0.3) is 17.2 Å². The Morgan fingerprint density at radius 1 is 1.08 bits per heavy atom. The Bertz CT molecular complexity index is 876. The van der Waals surface area contributed by atoms with Crippen LogP contribution in [0.5, 0.6) is 11.9 Å². The first-order valence-corrected chi connectivity index (χ1v) is 8.03. The van der Waals surface area contributed by atoms with E-state index in [9.17, 15) is 0 Å². The zero-order valence-electron chi connectivity index (χ0n) is 14.4. The molecule has 0 amide bonds. The molecule has 25 heavy (non-hydrogen) atoms. The molecule has 3 rings (SSSR count). The van der Waals surface area contributed by atoms with Gasteiger partial charge >= 0.3 is 6.01 Å². The number of hydrogen-bond acceptors (Lipinski definition) is 4. The zero-order chi connectivity index (χ0) is 17.6. The second-order valence-electron chi connectivity index (χ2n) is 5.57. The van der Waals surface area contributed by atoms with E-state index in [1.54, 1.807) is 19.4 Å². The second-order valence-corrected chi connectivity index (χ2v) is 5.57. The van der Waals surface area contributed by atoms with Crippen molar-refractivity contribution in [1.82, 2.24) is 9.97 Å². The third-order valence-electron chi connectivity index (χ3n) is 4.06. The predicted molar refractivity (Wildman–Crippen MR) is 99.6 cm³/mol. The maximum atomic E-state index is 5.77. The van der Waals surface area contributed by atoms with Gasteiger partial charge in [-0.2, -0.15) is 4.98 Å². The molecule has 0 aliphatic carbocycles. The van der Waals surface area contributed by atoms with Crippen molar-refractivity contribution < 1.29 is 9.47 Å². The molecule has 4 nitrogen and oxygen atoms in total. The van der Waals surface area contributed by atoms with E-state index in [0.29, 0.717) is 12.5 Å². The van der Waals surface area contributed by atoms with Gasteiger partial charge in [0.2, 0.25) is 5.88 Å². The summed E-state index contributed by atoms with van der Waals surface area (Å²) >= 11 is 0. The summed E-state index contributed by atoms with van der Waals surface area (Å²) in [5, 5.41) is 0.